The van der Waals surface area contributed by atoms with Gasteiger partial charge in [-0.2, -0.15) is 8.78 Å². The van der Waals surface area contributed by atoms with Gasteiger partial charge in [0.1, 0.15) is 0 Å². The van der Waals surface area contributed by atoms with Crippen LogP contribution in [0.3, 0.4) is 0 Å². The number of halogens is 2. The molecule has 0 spiro atoms. The number of hydrogen-bond donors (Lipinski definition) is 0. The van der Waals surface area contributed by atoms with E-state index in [2.05, 4.69) is 28.8 Å². The molecule has 0 aliphatic heterocycles. The van der Waals surface area contributed by atoms with E-state index in [-0.39, 0.29) is 5.88 Å². The second-order valence-corrected chi connectivity index (χ2v) is 4.21. The Morgan fingerprint density at radius 1 is 1.05 bits per heavy atom. The summed E-state index contributed by atoms with van der Waals surface area (Å²) < 4.78 is 28.2. The monoisotopic (exact) mass is 263 g/mol. The van der Waals surface area contributed by atoms with Gasteiger partial charge in [-0.05, 0) is 23.6 Å². The zero-order chi connectivity index (χ0) is 13.7. The van der Waals surface area contributed by atoms with Crippen LogP contribution in [0.2, 0.25) is 0 Å². The minimum atomic E-state index is -2.84. The SMILES string of the molecule is CCCc1ccc(-c2ccc(OC(F)F)nc2)cc1. The molecule has 1 heterocycles. The molecule has 0 atom stereocenters. The van der Waals surface area contributed by atoms with E-state index in [0.29, 0.717) is 0 Å². The Hall–Kier alpha value is -1.97. The lowest BCUT2D eigenvalue weighted by Crippen LogP contribution is -2.03. The number of rotatable bonds is 5. The quantitative estimate of drug-likeness (QED) is 0.802. The van der Waals surface area contributed by atoms with Crippen molar-refractivity contribution in [1.29, 1.82) is 0 Å². The summed E-state index contributed by atoms with van der Waals surface area (Å²) in [4.78, 5) is 3.85. The Labute approximate surface area is 111 Å². The van der Waals surface area contributed by atoms with Crippen molar-refractivity contribution in [2.45, 2.75) is 26.4 Å². The maximum absolute atomic E-state index is 12.0. The molecule has 0 unspecified atom stereocenters. The van der Waals surface area contributed by atoms with Gasteiger partial charge in [0.15, 0.2) is 0 Å². The second-order valence-electron chi connectivity index (χ2n) is 4.21. The number of aromatic nitrogens is 1. The summed E-state index contributed by atoms with van der Waals surface area (Å²) in [5.74, 6) is -0.0682. The van der Waals surface area contributed by atoms with E-state index in [1.165, 1.54) is 17.8 Å². The van der Waals surface area contributed by atoms with Gasteiger partial charge in [-0.3, -0.25) is 0 Å². The fraction of sp³-hybridized carbons (Fsp3) is 0.267. The van der Waals surface area contributed by atoms with Gasteiger partial charge in [0.05, 0.1) is 0 Å². The Kier molecular flexibility index (Phi) is 4.44. The number of nitrogens with zero attached hydrogens (tertiary/aromatic N) is 1. The van der Waals surface area contributed by atoms with E-state index in [0.717, 1.165) is 24.0 Å². The molecule has 2 aromatic rings. The number of ether oxygens (including phenoxy) is 1. The van der Waals surface area contributed by atoms with Crippen molar-refractivity contribution in [1.82, 2.24) is 4.98 Å². The van der Waals surface area contributed by atoms with Crippen molar-refractivity contribution in [2.75, 3.05) is 0 Å². The van der Waals surface area contributed by atoms with E-state index >= 15 is 0 Å². The molecule has 19 heavy (non-hydrogen) atoms. The third-order valence-corrected chi connectivity index (χ3v) is 2.77. The van der Waals surface area contributed by atoms with E-state index in [1.54, 1.807) is 6.07 Å². The predicted molar refractivity (Wildman–Crippen MR) is 70.3 cm³/mol. The van der Waals surface area contributed by atoms with Crippen LogP contribution in [0.15, 0.2) is 42.6 Å². The molecule has 0 N–H and O–H groups in total. The lowest BCUT2D eigenvalue weighted by Gasteiger charge is -2.06. The van der Waals surface area contributed by atoms with Crippen molar-refractivity contribution >= 4 is 0 Å². The van der Waals surface area contributed by atoms with Crippen molar-refractivity contribution in [3.05, 3.63) is 48.2 Å². The molecule has 0 bridgehead atoms. The number of hydrogen-bond acceptors (Lipinski definition) is 2. The van der Waals surface area contributed by atoms with E-state index in [9.17, 15) is 8.78 Å². The van der Waals surface area contributed by atoms with Gasteiger partial charge >= 0.3 is 6.61 Å². The first kappa shape index (κ1) is 13.5. The van der Waals surface area contributed by atoms with Crippen LogP contribution in [0.25, 0.3) is 11.1 Å². The van der Waals surface area contributed by atoms with Crippen LogP contribution in [0, 0.1) is 0 Å². The highest BCUT2D eigenvalue weighted by molar-refractivity contribution is 5.62. The zero-order valence-electron chi connectivity index (χ0n) is 10.6. The summed E-state index contributed by atoms with van der Waals surface area (Å²) in [7, 11) is 0. The van der Waals surface area contributed by atoms with Crippen LogP contribution in [-0.4, -0.2) is 11.6 Å². The van der Waals surface area contributed by atoms with Crippen molar-refractivity contribution < 1.29 is 13.5 Å². The van der Waals surface area contributed by atoms with Gasteiger partial charge in [0.25, 0.3) is 0 Å². The molecular formula is C15H15F2NO. The van der Waals surface area contributed by atoms with E-state index < -0.39 is 6.61 Å². The molecule has 100 valence electrons. The lowest BCUT2D eigenvalue weighted by atomic mass is 10.0. The van der Waals surface area contributed by atoms with Gasteiger partial charge in [-0.15, -0.1) is 0 Å². The van der Waals surface area contributed by atoms with Crippen LogP contribution >= 0.6 is 0 Å². The molecule has 0 aliphatic carbocycles. The maximum atomic E-state index is 12.0. The first-order valence-corrected chi connectivity index (χ1v) is 6.19. The molecule has 0 saturated heterocycles. The number of alkyl halides is 2. The van der Waals surface area contributed by atoms with Crippen molar-refractivity contribution in [3.63, 3.8) is 0 Å². The molecule has 0 aliphatic rings. The molecule has 0 fully saturated rings. The average Bonchev–Trinajstić information content (AvgIpc) is 2.40. The number of aryl methyl sites for hydroxylation is 1. The Balaban J connectivity index is 2.13. The first-order valence-electron chi connectivity index (χ1n) is 6.19. The topological polar surface area (TPSA) is 22.1 Å². The molecule has 0 radical (unpaired) electrons. The summed E-state index contributed by atoms with van der Waals surface area (Å²) in [6, 6.07) is 11.3. The van der Waals surface area contributed by atoms with Crippen LogP contribution in [-0.2, 0) is 6.42 Å². The number of benzene rings is 1. The summed E-state index contributed by atoms with van der Waals surface area (Å²) >= 11 is 0. The van der Waals surface area contributed by atoms with Gasteiger partial charge in [-0.25, -0.2) is 4.98 Å². The third-order valence-electron chi connectivity index (χ3n) is 2.77. The van der Waals surface area contributed by atoms with Gasteiger partial charge in [0.2, 0.25) is 5.88 Å². The smallest absolute Gasteiger partial charge is 0.388 e. The molecule has 2 nitrogen and oxygen atoms in total. The Bertz CT molecular complexity index is 509. The fourth-order valence-corrected chi connectivity index (χ4v) is 1.86. The second kappa shape index (κ2) is 6.27. The average molecular weight is 263 g/mol. The Morgan fingerprint density at radius 2 is 1.74 bits per heavy atom. The summed E-state index contributed by atoms with van der Waals surface area (Å²) in [6.07, 6.45) is 3.70. The van der Waals surface area contributed by atoms with Crippen LogP contribution in [0.4, 0.5) is 8.78 Å². The highest BCUT2D eigenvalue weighted by atomic mass is 19.3. The van der Waals surface area contributed by atoms with E-state index in [4.69, 9.17) is 0 Å². The molecule has 0 amide bonds. The van der Waals surface area contributed by atoms with Gasteiger partial charge in [-0.1, -0.05) is 37.6 Å². The predicted octanol–water partition coefficient (Wildman–Crippen LogP) is 4.30. The molecule has 1 aromatic carbocycles. The molecule has 1 aromatic heterocycles. The minimum absolute atomic E-state index is 0.0682. The fourth-order valence-electron chi connectivity index (χ4n) is 1.86. The normalized spacial score (nSPS) is 10.7. The molecule has 0 saturated carbocycles. The van der Waals surface area contributed by atoms with Gasteiger partial charge in [0, 0.05) is 17.8 Å². The third kappa shape index (κ3) is 3.74. The van der Waals surface area contributed by atoms with Crippen LogP contribution in [0.1, 0.15) is 18.9 Å². The number of pyridine rings is 1. The van der Waals surface area contributed by atoms with Crippen molar-refractivity contribution in [2.24, 2.45) is 0 Å². The zero-order valence-corrected chi connectivity index (χ0v) is 10.6. The van der Waals surface area contributed by atoms with E-state index in [1.807, 2.05) is 12.1 Å². The summed E-state index contributed by atoms with van der Waals surface area (Å²) in [5.41, 5.74) is 3.18. The largest absolute Gasteiger partial charge is 0.417 e. The molecule has 4 heteroatoms. The first-order chi connectivity index (χ1) is 9.19. The maximum Gasteiger partial charge on any atom is 0.388 e. The van der Waals surface area contributed by atoms with Crippen LogP contribution < -0.4 is 4.74 Å². The summed E-state index contributed by atoms with van der Waals surface area (Å²) in [6.45, 7) is -0.703. The Morgan fingerprint density at radius 3 is 2.26 bits per heavy atom. The minimum Gasteiger partial charge on any atom is -0.417 e. The molecular weight excluding hydrogens is 248 g/mol. The highest BCUT2D eigenvalue weighted by Gasteiger charge is 2.05. The summed E-state index contributed by atoms with van der Waals surface area (Å²) in [5, 5.41) is 0. The molecule has 2 rings (SSSR count). The van der Waals surface area contributed by atoms with Crippen molar-refractivity contribution in [3.8, 4) is 17.0 Å². The van der Waals surface area contributed by atoms with Gasteiger partial charge < -0.3 is 4.74 Å². The van der Waals surface area contributed by atoms with Crippen LogP contribution in [0.5, 0.6) is 5.88 Å². The highest BCUT2D eigenvalue weighted by Crippen LogP contribution is 2.21. The standard InChI is InChI=1S/C15H15F2NO/c1-2-3-11-4-6-12(7-5-11)13-8-9-14(18-10-13)19-15(16)17/h4-10,15H,2-3H2,1H3. The lowest BCUT2D eigenvalue weighted by molar-refractivity contribution is -0.0528.